The molecule has 0 radical (unpaired) electrons. The molecule has 104 valence electrons. The Morgan fingerprint density at radius 2 is 2.10 bits per heavy atom. The van der Waals surface area contributed by atoms with Crippen LogP contribution in [-0.4, -0.2) is 17.9 Å². The Hall–Kier alpha value is -1.88. The van der Waals surface area contributed by atoms with Crippen LogP contribution in [0.5, 0.6) is 0 Å². The monoisotopic (exact) mass is 333 g/mol. The molecule has 4 nitrogen and oxygen atoms in total. The number of hydrogen-bond donors (Lipinski definition) is 2. The molecule has 1 aromatic carbocycles. The third kappa shape index (κ3) is 3.57. The molecule has 2 rings (SSSR count). The number of rotatable bonds is 4. The zero-order chi connectivity index (χ0) is 14.5. The largest absolute Gasteiger partial charge is 0.373 e. The zero-order valence-electron chi connectivity index (χ0n) is 11.4. The molecule has 1 amide bonds. The molecular weight excluding hydrogens is 318 g/mol. The SMILES string of the molecule is CCc1cc(C(=O)Nc2cccc(Br)c2)cc(NC)n1. The molecule has 0 saturated heterocycles. The minimum atomic E-state index is -0.142. The average molecular weight is 334 g/mol. The van der Waals surface area contributed by atoms with Crippen molar-refractivity contribution in [3.05, 3.63) is 52.1 Å². The van der Waals surface area contributed by atoms with Crippen molar-refractivity contribution in [2.24, 2.45) is 0 Å². The molecule has 0 spiro atoms. The van der Waals surface area contributed by atoms with Crippen LogP contribution < -0.4 is 10.6 Å². The summed E-state index contributed by atoms with van der Waals surface area (Å²) in [6, 6.07) is 11.1. The smallest absolute Gasteiger partial charge is 0.255 e. The number of hydrogen-bond acceptors (Lipinski definition) is 3. The maximum Gasteiger partial charge on any atom is 0.255 e. The lowest BCUT2D eigenvalue weighted by Gasteiger charge is -2.09. The van der Waals surface area contributed by atoms with Crippen LogP contribution in [0, 0.1) is 0 Å². The van der Waals surface area contributed by atoms with Gasteiger partial charge < -0.3 is 10.6 Å². The van der Waals surface area contributed by atoms with Gasteiger partial charge in [0.05, 0.1) is 0 Å². The Kier molecular flexibility index (Phi) is 4.74. The van der Waals surface area contributed by atoms with Gasteiger partial charge >= 0.3 is 0 Å². The van der Waals surface area contributed by atoms with E-state index in [1.165, 1.54) is 0 Å². The van der Waals surface area contributed by atoms with Crippen molar-refractivity contribution in [3.8, 4) is 0 Å². The predicted octanol–water partition coefficient (Wildman–Crippen LogP) is 3.70. The fourth-order valence-corrected chi connectivity index (χ4v) is 2.20. The molecule has 1 heterocycles. The van der Waals surface area contributed by atoms with Gasteiger partial charge in [0.2, 0.25) is 0 Å². The average Bonchev–Trinajstić information content (AvgIpc) is 2.46. The van der Waals surface area contributed by atoms with Gasteiger partial charge in [-0.2, -0.15) is 0 Å². The zero-order valence-corrected chi connectivity index (χ0v) is 13.0. The fraction of sp³-hybridized carbons (Fsp3) is 0.200. The molecule has 0 atom stereocenters. The maximum absolute atomic E-state index is 12.3. The molecule has 0 aliphatic carbocycles. The number of benzene rings is 1. The minimum Gasteiger partial charge on any atom is -0.373 e. The number of nitrogens with zero attached hydrogens (tertiary/aromatic N) is 1. The van der Waals surface area contributed by atoms with Crippen LogP contribution in [0.4, 0.5) is 11.5 Å². The predicted molar refractivity (Wildman–Crippen MR) is 85.3 cm³/mol. The second kappa shape index (κ2) is 6.52. The second-order valence-corrected chi connectivity index (χ2v) is 5.22. The Labute approximate surface area is 126 Å². The van der Waals surface area contributed by atoms with Crippen molar-refractivity contribution in [2.45, 2.75) is 13.3 Å². The summed E-state index contributed by atoms with van der Waals surface area (Å²) < 4.78 is 0.926. The van der Waals surface area contributed by atoms with Gasteiger partial charge in [0.15, 0.2) is 0 Å². The first kappa shape index (κ1) is 14.5. The highest BCUT2D eigenvalue weighted by Gasteiger charge is 2.09. The summed E-state index contributed by atoms with van der Waals surface area (Å²) in [5, 5.41) is 5.85. The van der Waals surface area contributed by atoms with Gasteiger partial charge in [-0.05, 0) is 36.8 Å². The van der Waals surface area contributed by atoms with Crippen LogP contribution in [0.25, 0.3) is 0 Å². The van der Waals surface area contributed by atoms with E-state index in [4.69, 9.17) is 0 Å². The van der Waals surface area contributed by atoms with Crippen LogP contribution in [0.1, 0.15) is 23.0 Å². The number of nitrogens with one attached hydrogen (secondary N) is 2. The number of anilines is 2. The van der Waals surface area contributed by atoms with Crippen molar-refractivity contribution in [3.63, 3.8) is 0 Å². The molecule has 2 aromatic rings. The van der Waals surface area contributed by atoms with Gasteiger partial charge in [-0.15, -0.1) is 0 Å². The van der Waals surface area contributed by atoms with E-state index in [1.807, 2.05) is 37.3 Å². The lowest BCUT2D eigenvalue weighted by Crippen LogP contribution is -2.13. The van der Waals surface area contributed by atoms with E-state index in [2.05, 4.69) is 31.5 Å². The van der Waals surface area contributed by atoms with E-state index in [0.29, 0.717) is 11.4 Å². The molecule has 2 N–H and O–H groups in total. The van der Waals surface area contributed by atoms with Crippen LogP contribution >= 0.6 is 15.9 Å². The number of aryl methyl sites for hydroxylation is 1. The lowest BCUT2D eigenvalue weighted by atomic mass is 10.1. The van der Waals surface area contributed by atoms with Crippen LogP contribution in [0.3, 0.4) is 0 Å². The maximum atomic E-state index is 12.3. The first-order chi connectivity index (χ1) is 9.62. The summed E-state index contributed by atoms with van der Waals surface area (Å²) in [6.07, 6.45) is 0.784. The third-order valence-corrected chi connectivity index (χ3v) is 3.33. The number of amides is 1. The molecule has 0 unspecified atom stereocenters. The quantitative estimate of drug-likeness (QED) is 0.896. The van der Waals surface area contributed by atoms with E-state index >= 15 is 0 Å². The van der Waals surface area contributed by atoms with Gasteiger partial charge in [-0.1, -0.05) is 28.9 Å². The minimum absolute atomic E-state index is 0.142. The first-order valence-electron chi connectivity index (χ1n) is 6.38. The summed E-state index contributed by atoms with van der Waals surface area (Å²) in [5.74, 6) is 0.556. The van der Waals surface area contributed by atoms with Gasteiger partial charge in [-0.3, -0.25) is 4.79 Å². The van der Waals surface area contributed by atoms with Gasteiger partial charge in [-0.25, -0.2) is 4.98 Å². The van der Waals surface area contributed by atoms with E-state index in [0.717, 1.165) is 22.3 Å². The Bertz CT molecular complexity index is 606. The summed E-state index contributed by atoms with van der Waals surface area (Å²) in [7, 11) is 1.79. The normalized spacial score (nSPS) is 10.2. The molecule has 0 fully saturated rings. The van der Waals surface area contributed by atoms with Crippen LogP contribution in [0.2, 0.25) is 0 Å². The molecule has 20 heavy (non-hydrogen) atoms. The van der Waals surface area contributed by atoms with Crippen molar-refractivity contribution in [2.75, 3.05) is 17.7 Å². The second-order valence-electron chi connectivity index (χ2n) is 4.30. The summed E-state index contributed by atoms with van der Waals surface area (Å²) in [5.41, 5.74) is 2.24. The molecular formula is C15H16BrN3O. The molecule has 0 aliphatic heterocycles. The third-order valence-electron chi connectivity index (χ3n) is 2.84. The fourth-order valence-electron chi connectivity index (χ4n) is 1.80. The molecule has 1 aromatic heterocycles. The van der Waals surface area contributed by atoms with E-state index in [9.17, 15) is 4.79 Å². The molecule has 0 saturated carbocycles. The van der Waals surface area contributed by atoms with Crippen LogP contribution in [0.15, 0.2) is 40.9 Å². The number of halogens is 1. The van der Waals surface area contributed by atoms with Crippen molar-refractivity contribution in [1.29, 1.82) is 0 Å². The van der Waals surface area contributed by atoms with Crippen LogP contribution in [-0.2, 0) is 6.42 Å². The summed E-state index contributed by atoms with van der Waals surface area (Å²) >= 11 is 3.38. The standard InChI is InChI=1S/C15H16BrN3O/c1-3-12-7-10(8-14(17-2)18-12)15(20)19-13-6-4-5-11(16)9-13/h4-9H,3H2,1-2H3,(H,17,18)(H,19,20). The van der Waals surface area contributed by atoms with Gasteiger partial charge in [0.25, 0.3) is 5.91 Å². The van der Waals surface area contributed by atoms with Crippen molar-refractivity contribution >= 4 is 33.3 Å². The molecule has 0 bridgehead atoms. The highest BCUT2D eigenvalue weighted by atomic mass is 79.9. The lowest BCUT2D eigenvalue weighted by molar-refractivity contribution is 0.102. The van der Waals surface area contributed by atoms with E-state index < -0.39 is 0 Å². The van der Waals surface area contributed by atoms with Gasteiger partial charge in [0.1, 0.15) is 5.82 Å². The van der Waals surface area contributed by atoms with Gasteiger partial charge in [0, 0.05) is 28.5 Å². The number of carbonyl (C=O) groups is 1. The number of aromatic nitrogens is 1. The topological polar surface area (TPSA) is 54.0 Å². The number of carbonyl (C=O) groups excluding carboxylic acids is 1. The summed E-state index contributed by atoms with van der Waals surface area (Å²) in [6.45, 7) is 2.01. The highest BCUT2D eigenvalue weighted by molar-refractivity contribution is 9.10. The van der Waals surface area contributed by atoms with E-state index in [1.54, 1.807) is 13.1 Å². The molecule has 5 heteroatoms. The van der Waals surface area contributed by atoms with E-state index in [-0.39, 0.29) is 5.91 Å². The Morgan fingerprint density at radius 1 is 1.30 bits per heavy atom. The van der Waals surface area contributed by atoms with Crippen molar-refractivity contribution < 1.29 is 4.79 Å². The Morgan fingerprint density at radius 3 is 2.75 bits per heavy atom. The first-order valence-corrected chi connectivity index (χ1v) is 7.17. The summed E-state index contributed by atoms with van der Waals surface area (Å²) in [4.78, 5) is 16.7. The Balaban J connectivity index is 2.24. The van der Waals surface area contributed by atoms with Crippen molar-refractivity contribution in [1.82, 2.24) is 4.98 Å². The molecule has 0 aliphatic rings. The number of pyridine rings is 1. The highest BCUT2D eigenvalue weighted by Crippen LogP contribution is 2.17.